The van der Waals surface area contributed by atoms with E-state index >= 15 is 0 Å². The molecule has 1 aromatic carbocycles. The summed E-state index contributed by atoms with van der Waals surface area (Å²) in [5, 5.41) is 0. The maximum atomic E-state index is 5.79. The van der Waals surface area contributed by atoms with E-state index in [-0.39, 0.29) is 0 Å². The highest BCUT2D eigenvalue weighted by molar-refractivity contribution is 5.31. The SMILES string of the molecule is CCOc1ccc(OCC[NH+]2CC[NH+](C)CC2)cc1. The minimum Gasteiger partial charge on any atom is -0.494 e. The lowest BCUT2D eigenvalue weighted by Crippen LogP contribution is -3.27. The fraction of sp³-hybridized carbons (Fsp3) is 0.600. The number of likely N-dealkylation sites (N-methyl/N-ethyl adjacent to an activating group) is 1. The van der Waals surface area contributed by atoms with Gasteiger partial charge in [-0.2, -0.15) is 0 Å². The van der Waals surface area contributed by atoms with E-state index in [1.807, 2.05) is 31.2 Å². The third-order valence-electron chi connectivity index (χ3n) is 3.67. The topological polar surface area (TPSA) is 27.3 Å². The summed E-state index contributed by atoms with van der Waals surface area (Å²) in [6, 6.07) is 7.89. The van der Waals surface area contributed by atoms with E-state index < -0.39 is 0 Å². The normalized spacial score (nSPS) is 23.1. The molecule has 1 aliphatic heterocycles. The molecule has 0 radical (unpaired) electrons. The summed E-state index contributed by atoms with van der Waals surface area (Å²) < 4.78 is 11.2. The monoisotopic (exact) mass is 266 g/mol. The zero-order valence-electron chi connectivity index (χ0n) is 12.1. The number of piperazine rings is 1. The number of benzene rings is 1. The molecule has 4 heteroatoms. The second kappa shape index (κ2) is 7.36. The van der Waals surface area contributed by atoms with Gasteiger partial charge in [-0.15, -0.1) is 0 Å². The highest BCUT2D eigenvalue weighted by atomic mass is 16.5. The molecule has 1 aliphatic rings. The van der Waals surface area contributed by atoms with Crippen LogP contribution in [0.1, 0.15) is 6.92 Å². The van der Waals surface area contributed by atoms with Crippen LogP contribution < -0.4 is 19.3 Å². The molecule has 0 amide bonds. The number of nitrogens with one attached hydrogen (secondary N) is 2. The molecule has 1 fully saturated rings. The lowest BCUT2D eigenvalue weighted by molar-refractivity contribution is -1.00. The summed E-state index contributed by atoms with van der Waals surface area (Å²) in [5.41, 5.74) is 0. The highest BCUT2D eigenvalue weighted by Gasteiger charge is 2.19. The van der Waals surface area contributed by atoms with Crippen molar-refractivity contribution in [2.24, 2.45) is 0 Å². The predicted molar refractivity (Wildman–Crippen MR) is 75.3 cm³/mol. The minimum atomic E-state index is 0.703. The summed E-state index contributed by atoms with van der Waals surface area (Å²) >= 11 is 0. The van der Waals surface area contributed by atoms with Gasteiger partial charge in [0.25, 0.3) is 0 Å². The van der Waals surface area contributed by atoms with Gasteiger partial charge in [-0.1, -0.05) is 0 Å². The fourth-order valence-corrected chi connectivity index (χ4v) is 2.39. The first kappa shape index (κ1) is 14.2. The van der Waals surface area contributed by atoms with Crippen molar-refractivity contribution in [3.8, 4) is 11.5 Å². The van der Waals surface area contributed by atoms with Gasteiger partial charge in [-0.3, -0.25) is 0 Å². The van der Waals surface area contributed by atoms with E-state index in [1.54, 1.807) is 9.80 Å². The quantitative estimate of drug-likeness (QED) is 0.682. The van der Waals surface area contributed by atoms with Crippen molar-refractivity contribution < 1.29 is 19.3 Å². The summed E-state index contributed by atoms with van der Waals surface area (Å²) in [4.78, 5) is 3.31. The van der Waals surface area contributed by atoms with Crippen LogP contribution in [0.15, 0.2) is 24.3 Å². The predicted octanol–water partition coefficient (Wildman–Crippen LogP) is -1.12. The van der Waals surface area contributed by atoms with Crippen molar-refractivity contribution in [3.63, 3.8) is 0 Å². The molecule has 0 saturated carbocycles. The Hall–Kier alpha value is -1.26. The Bertz CT molecular complexity index is 359. The fourth-order valence-electron chi connectivity index (χ4n) is 2.39. The van der Waals surface area contributed by atoms with E-state index in [2.05, 4.69) is 7.05 Å². The van der Waals surface area contributed by atoms with Crippen LogP contribution in [0, 0.1) is 0 Å². The first-order valence-electron chi connectivity index (χ1n) is 7.28. The second-order valence-corrected chi connectivity index (χ2v) is 5.21. The summed E-state index contributed by atoms with van der Waals surface area (Å²) in [7, 11) is 2.27. The van der Waals surface area contributed by atoms with Crippen LogP contribution in [-0.4, -0.2) is 53.0 Å². The van der Waals surface area contributed by atoms with Crippen molar-refractivity contribution >= 4 is 0 Å². The lowest BCUT2D eigenvalue weighted by atomic mass is 10.3. The Morgan fingerprint density at radius 3 is 2.11 bits per heavy atom. The molecule has 0 unspecified atom stereocenters. The Balaban J connectivity index is 1.67. The van der Waals surface area contributed by atoms with E-state index in [9.17, 15) is 0 Å². The first-order valence-corrected chi connectivity index (χ1v) is 7.28. The average molecular weight is 266 g/mol. The van der Waals surface area contributed by atoms with E-state index in [0.29, 0.717) is 6.61 Å². The van der Waals surface area contributed by atoms with Crippen LogP contribution in [0.3, 0.4) is 0 Å². The molecule has 0 aromatic heterocycles. The van der Waals surface area contributed by atoms with Gasteiger partial charge in [-0.05, 0) is 31.2 Å². The zero-order valence-corrected chi connectivity index (χ0v) is 12.1. The highest BCUT2D eigenvalue weighted by Crippen LogP contribution is 2.17. The van der Waals surface area contributed by atoms with Gasteiger partial charge in [0, 0.05) is 0 Å². The Morgan fingerprint density at radius 2 is 1.53 bits per heavy atom. The number of hydrogen-bond acceptors (Lipinski definition) is 2. The van der Waals surface area contributed by atoms with Gasteiger partial charge in [0.2, 0.25) is 0 Å². The third-order valence-corrected chi connectivity index (χ3v) is 3.67. The lowest BCUT2D eigenvalue weighted by Gasteiger charge is -2.27. The molecule has 1 aromatic rings. The molecular formula is C15H26N2O2+2. The molecule has 1 saturated heterocycles. The maximum Gasteiger partial charge on any atom is 0.137 e. The van der Waals surface area contributed by atoms with E-state index in [1.165, 1.54) is 26.2 Å². The molecule has 19 heavy (non-hydrogen) atoms. The molecule has 0 spiro atoms. The van der Waals surface area contributed by atoms with Gasteiger partial charge in [0.05, 0.1) is 13.7 Å². The first-order chi connectivity index (χ1) is 9.28. The Morgan fingerprint density at radius 1 is 0.947 bits per heavy atom. The van der Waals surface area contributed by atoms with Gasteiger partial charge in [0.15, 0.2) is 0 Å². The molecule has 0 bridgehead atoms. The Labute approximate surface area is 115 Å². The summed E-state index contributed by atoms with van der Waals surface area (Å²) in [6.07, 6.45) is 0. The molecule has 1 heterocycles. The number of hydrogen-bond donors (Lipinski definition) is 2. The van der Waals surface area contributed by atoms with Crippen LogP contribution in [0.4, 0.5) is 0 Å². The second-order valence-electron chi connectivity index (χ2n) is 5.21. The van der Waals surface area contributed by atoms with Crippen molar-refractivity contribution in [2.45, 2.75) is 6.92 Å². The molecule has 4 nitrogen and oxygen atoms in total. The maximum absolute atomic E-state index is 5.79. The molecule has 2 rings (SSSR count). The standard InChI is InChI=1S/C15H24N2O2/c1-3-18-14-4-6-15(7-5-14)19-13-12-17-10-8-16(2)9-11-17/h4-7H,3,8-13H2,1-2H3/p+2. The van der Waals surface area contributed by atoms with Crippen molar-refractivity contribution in [3.05, 3.63) is 24.3 Å². The number of quaternary nitrogens is 2. The van der Waals surface area contributed by atoms with Crippen molar-refractivity contribution in [1.29, 1.82) is 0 Å². The molecule has 0 aliphatic carbocycles. The summed E-state index contributed by atoms with van der Waals surface area (Å²) in [6.45, 7) is 9.66. The smallest absolute Gasteiger partial charge is 0.137 e. The largest absolute Gasteiger partial charge is 0.494 e. The van der Waals surface area contributed by atoms with Gasteiger partial charge >= 0.3 is 0 Å². The molecule has 106 valence electrons. The van der Waals surface area contributed by atoms with Crippen LogP contribution in [0.5, 0.6) is 11.5 Å². The van der Waals surface area contributed by atoms with Gasteiger partial charge in [0.1, 0.15) is 50.8 Å². The van der Waals surface area contributed by atoms with E-state index in [0.717, 1.165) is 24.7 Å². The molecule has 2 N–H and O–H groups in total. The molecular weight excluding hydrogens is 240 g/mol. The number of ether oxygens (including phenoxy) is 2. The average Bonchev–Trinajstić information content (AvgIpc) is 2.43. The minimum absolute atomic E-state index is 0.703. The van der Waals surface area contributed by atoms with Crippen molar-refractivity contribution in [1.82, 2.24) is 0 Å². The Kier molecular flexibility index (Phi) is 5.48. The van der Waals surface area contributed by atoms with Crippen LogP contribution >= 0.6 is 0 Å². The van der Waals surface area contributed by atoms with Gasteiger partial charge < -0.3 is 19.3 Å². The molecule has 0 atom stereocenters. The third kappa shape index (κ3) is 4.73. The van der Waals surface area contributed by atoms with Crippen molar-refractivity contribution in [2.75, 3.05) is 53.0 Å². The number of rotatable bonds is 6. The van der Waals surface area contributed by atoms with Gasteiger partial charge in [-0.25, -0.2) is 0 Å². The van der Waals surface area contributed by atoms with E-state index in [4.69, 9.17) is 9.47 Å². The van der Waals surface area contributed by atoms with Crippen LogP contribution in [-0.2, 0) is 0 Å². The van der Waals surface area contributed by atoms with Crippen LogP contribution in [0.2, 0.25) is 0 Å². The van der Waals surface area contributed by atoms with Crippen LogP contribution in [0.25, 0.3) is 0 Å². The summed E-state index contributed by atoms with van der Waals surface area (Å²) in [5.74, 6) is 1.84. The zero-order chi connectivity index (χ0) is 13.5.